The largest absolute Gasteiger partial charge is 0.491 e. The Hall–Kier alpha value is -4.80. The van der Waals surface area contributed by atoms with Gasteiger partial charge in [-0.25, -0.2) is 19.7 Å². The zero-order chi connectivity index (χ0) is 28.9. The van der Waals surface area contributed by atoms with Crippen LogP contribution in [0.25, 0.3) is 21.9 Å². The summed E-state index contributed by atoms with van der Waals surface area (Å²) in [5, 5.41) is 5.12. The number of nitrogens with one attached hydrogen (secondary N) is 2. The van der Waals surface area contributed by atoms with Crippen molar-refractivity contribution in [3.8, 4) is 5.75 Å². The minimum atomic E-state index is -0.104. The first kappa shape index (κ1) is 27.4. The molecule has 0 bridgehead atoms. The highest BCUT2D eigenvalue weighted by Crippen LogP contribution is 2.32. The number of fused-ring (bicyclic) bond motifs is 2. The van der Waals surface area contributed by atoms with Crippen LogP contribution >= 0.6 is 0 Å². The zero-order valence-corrected chi connectivity index (χ0v) is 24.0. The average Bonchev–Trinajstić information content (AvgIpc) is 3.81. The van der Waals surface area contributed by atoms with E-state index < -0.39 is 0 Å². The molecular weight excluding hydrogens is 532 g/mol. The highest BCUT2D eigenvalue weighted by molar-refractivity contribution is 5.91. The Kier molecular flexibility index (Phi) is 8.07. The summed E-state index contributed by atoms with van der Waals surface area (Å²) >= 11 is 0. The van der Waals surface area contributed by atoms with E-state index in [1.807, 2.05) is 38.2 Å². The number of ether oxygens (including phenoxy) is 1. The van der Waals surface area contributed by atoms with E-state index in [0.29, 0.717) is 38.4 Å². The van der Waals surface area contributed by atoms with Crippen molar-refractivity contribution < 1.29 is 13.9 Å². The topological polar surface area (TPSA) is 116 Å². The number of furan rings is 1. The van der Waals surface area contributed by atoms with E-state index in [4.69, 9.17) is 9.15 Å². The Balaban J connectivity index is 1.11. The lowest BCUT2D eigenvalue weighted by Gasteiger charge is -2.27. The van der Waals surface area contributed by atoms with Crippen molar-refractivity contribution in [3.63, 3.8) is 0 Å². The fraction of sp³-hybridized carbons (Fsp3) is 0.355. The second kappa shape index (κ2) is 12.4. The first-order chi connectivity index (χ1) is 20.6. The van der Waals surface area contributed by atoms with E-state index in [1.54, 1.807) is 23.8 Å². The summed E-state index contributed by atoms with van der Waals surface area (Å²) in [5.41, 5.74) is 2.60. The van der Waals surface area contributed by atoms with Crippen LogP contribution in [0.5, 0.6) is 5.75 Å². The van der Waals surface area contributed by atoms with Gasteiger partial charge in [-0.1, -0.05) is 18.2 Å². The number of imidazole rings is 1. The lowest BCUT2D eigenvalue weighted by atomic mass is 10.1. The van der Waals surface area contributed by atoms with E-state index in [0.717, 1.165) is 58.7 Å². The lowest BCUT2D eigenvalue weighted by Crippen LogP contribution is -2.43. The van der Waals surface area contributed by atoms with Gasteiger partial charge in [0.2, 0.25) is 0 Å². The van der Waals surface area contributed by atoms with Crippen LogP contribution < -0.4 is 19.9 Å². The molecule has 0 radical (unpaired) electrons. The molecule has 3 aromatic heterocycles. The first-order valence-corrected chi connectivity index (χ1v) is 14.4. The molecule has 0 unspecified atom stereocenters. The third kappa shape index (κ3) is 5.81. The molecule has 6 rings (SSSR count). The maximum absolute atomic E-state index is 12.7. The van der Waals surface area contributed by atoms with E-state index >= 15 is 0 Å². The van der Waals surface area contributed by atoms with Gasteiger partial charge in [0.1, 0.15) is 30.0 Å². The lowest BCUT2D eigenvalue weighted by molar-refractivity contribution is 0.200. The molecule has 1 aliphatic heterocycles. The highest BCUT2D eigenvalue weighted by Gasteiger charge is 2.28. The number of anilines is 2. The predicted molar refractivity (Wildman–Crippen MR) is 163 cm³/mol. The zero-order valence-electron chi connectivity index (χ0n) is 24.0. The van der Waals surface area contributed by atoms with Crippen molar-refractivity contribution in [1.82, 2.24) is 30.2 Å². The van der Waals surface area contributed by atoms with Crippen LogP contribution in [0, 0.1) is 0 Å². The Morgan fingerprint density at radius 1 is 1.17 bits per heavy atom. The number of H-pyrrole nitrogens is 1. The smallest absolute Gasteiger partial charge is 0.317 e. The maximum atomic E-state index is 12.7. The van der Waals surface area contributed by atoms with Crippen LogP contribution in [0.4, 0.5) is 16.3 Å². The molecule has 11 heteroatoms. The summed E-state index contributed by atoms with van der Waals surface area (Å²) in [5.74, 6) is 2.47. The molecular formula is C31H36N8O3. The molecule has 1 saturated heterocycles. The van der Waals surface area contributed by atoms with E-state index in [1.165, 1.54) is 0 Å². The number of hydrogen-bond donors (Lipinski definition) is 2. The van der Waals surface area contributed by atoms with Gasteiger partial charge in [0.25, 0.3) is 0 Å². The van der Waals surface area contributed by atoms with E-state index in [2.05, 4.69) is 59.3 Å². The van der Waals surface area contributed by atoms with Gasteiger partial charge < -0.3 is 34.2 Å². The van der Waals surface area contributed by atoms with Crippen LogP contribution in [-0.4, -0.2) is 76.7 Å². The molecule has 42 heavy (non-hydrogen) atoms. The number of nitrogens with zero attached hydrogens (tertiary/aromatic N) is 6. The number of carbonyl (C=O) groups is 1. The van der Waals surface area contributed by atoms with Crippen molar-refractivity contribution in [1.29, 1.82) is 0 Å². The Morgan fingerprint density at radius 2 is 2.10 bits per heavy atom. The maximum Gasteiger partial charge on any atom is 0.317 e. The van der Waals surface area contributed by atoms with Gasteiger partial charge >= 0.3 is 6.03 Å². The van der Waals surface area contributed by atoms with Crippen molar-refractivity contribution in [3.05, 3.63) is 73.2 Å². The van der Waals surface area contributed by atoms with Gasteiger partial charge in [0.05, 0.1) is 25.2 Å². The van der Waals surface area contributed by atoms with Crippen molar-refractivity contribution in [2.75, 3.05) is 49.6 Å². The number of likely N-dealkylation sites (N-methyl/N-ethyl adjacent to an activating group) is 2. The van der Waals surface area contributed by atoms with Gasteiger partial charge in [-0.3, -0.25) is 0 Å². The van der Waals surface area contributed by atoms with Gasteiger partial charge in [0, 0.05) is 44.3 Å². The van der Waals surface area contributed by atoms with Crippen LogP contribution in [-0.2, 0) is 6.54 Å². The average molecular weight is 569 g/mol. The van der Waals surface area contributed by atoms with Crippen molar-refractivity contribution in [2.24, 2.45) is 0 Å². The summed E-state index contributed by atoms with van der Waals surface area (Å²) < 4.78 is 11.8. The molecule has 11 nitrogen and oxygen atoms in total. The molecule has 5 aromatic rings. The molecule has 0 aliphatic carbocycles. The number of carbonyl (C=O) groups excluding carboxylic acids is 1. The normalized spacial score (nSPS) is 14.9. The van der Waals surface area contributed by atoms with Crippen molar-refractivity contribution >= 4 is 39.5 Å². The number of rotatable bonds is 11. The number of benzene rings is 2. The monoisotopic (exact) mass is 568 g/mol. The molecule has 0 saturated carbocycles. The van der Waals surface area contributed by atoms with Crippen LogP contribution in [0.15, 0.2) is 71.9 Å². The predicted octanol–water partition coefficient (Wildman–Crippen LogP) is 4.81. The minimum absolute atomic E-state index is 0.104. The summed E-state index contributed by atoms with van der Waals surface area (Å²) in [6.07, 6.45) is 6.95. The first-order valence-electron chi connectivity index (χ1n) is 14.4. The molecule has 2 aromatic carbocycles. The van der Waals surface area contributed by atoms with Crippen molar-refractivity contribution in [2.45, 2.75) is 32.4 Å². The fourth-order valence-electron chi connectivity index (χ4n) is 5.53. The minimum Gasteiger partial charge on any atom is -0.491 e. The third-order valence-corrected chi connectivity index (χ3v) is 7.92. The Labute approximate surface area is 244 Å². The summed E-state index contributed by atoms with van der Waals surface area (Å²) in [4.78, 5) is 35.3. The standard InChI is InChI=1S/C31H36N8O3/c1-3-38(31(40)32-18-25-9-6-16-41-25)15-14-37(2)23-12-11-22-7-4-10-27(26(22)17-23)42-19-24-8-5-13-39(24)30-28-29(34-20-33-28)35-21-36-30/h4,6-7,9-12,16-17,20-21,24H,3,5,8,13-15,18-19H2,1-2H3,(H,32,40)(H,33,34,35,36)/t24-/m1/s1. The molecule has 4 heterocycles. The molecule has 2 N–H and O–H groups in total. The van der Waals surface area contributed by atoms with Gasteiger partial charge in [-0.05, 0) is 55.5 Å². The number of aromatic nitrogens is 4. The Morgan fingerprint density at radius 3 is 2.95 bits per heavy atom. The molecule has 1 aliphatic rings. The summed E-state index contributed by atoms with van der Waals surface area (Å²) in [6, 6.07) is 16.3. The van der Waals surface area contributed by atoms with Crippen LogP contribution in [0.2, 0.25) is 0 Å². The SMILES string of the molecule is CCN(CCN(C)c1ccc2cccc(OC[C@H]3CCCN3c3ncnc4nc[nH]c34)c2c1)C(=O)NCc1ccco1. The van der Waals surface area contributed by atoms with Crippen LogP contribution in [0.1, 0.15) is 25.5 Å². The van der Waals surface area contributed by atoms with Gasteiger partial charge in [0.15, 0.2) is 11.5 Å². The summed E-state index contributed by atoms with van der Waals surface area (Å²) in [7, 11) is 2.05. The van der Waals surface area contributed by atoms with E-state index in [9.17, 15) is 4.79 Å². The van der Waals surface area contributed by atoms with Gasteiger partial charge in [-0.2, -0.15) is 0 Å². The third-order valence-electron chi connectivity index (χ3n) is 7.92. The Bertz CT molecular complexity index is 1640. The molecule has 218 valence electrons. The van der Waals surface area contributed by atoms with E-state index in [-0.39, 0.29) is 12.1 Å². The number of aromatic amines is 1. The number of hydrogen-bond acceptors (Lipinski definition) is 8. The molecule has 0 spiro atoms. The number of amides is 2. The second-order valence-corrected chi connectivity index (χ2v) is 10.5. The molecule has 1 atom stereocenters. The highest BCUT2D eigenvalue weighted by atomic mass is 16.5. The summed E-state index contributed by atoms with van der Waals surface area (Å²) in [6.45, 7) is 5.73. The van der Waals surface area contributed by atoms with Crippen LogP contribution in [0.3, 0.4) is 0 Å². The second-order valence-electron chi connectivity index (χ2n) is 10.5. The molecule has 1 fully saturated rings. The molecule has 2 amide bonds. The quantitative estimate of drug-likeness (QED) is 0.233. The van der Waals surface area contributed by atoms with Gasteiger partial charge in [-0.15, -0.1) is 0 Å². The fourth-order valence-corrected chi connectivity index (χ4v) is 5.53. The number of urea groups is 1.